The van der Waals surface area contributed by atoms with Crippen molar-refractivity contribution >= 4 is 24.5 Å². The van der Waals surface area contributed by atoms with Crippen molar-refractivity contribution in [3.05, 3.63) is 66.2 Å². The van der Waals surface area contributed by atoms with E-state index in [2.05, 4.69) is 67.6 Å². The van der Waals surface area contributed by atoms with Gasteiger partial charge in [0.2, 0.25) is 0 Å². The Bertz CT molecular complexity index is 394. The van der Waals surface area contributed by atoms with E-state index in [1.807, 2.05) is 0 Å². The molecule has 2 rings (SSSR count). The Labute approximate surface area is 101 Å². The van der Waals surface area contributed by atoms with E-state index in [1.165, 1.54) is 5.56 Å². The van der Waals surface area contributed by atoms with Crippen LogP contribution in [0, 0.1) is 0 Å². The molecule has 0 nitrogen and oxygen atoms in total. The maximum absolute atomic E-state index is 2.34. The summed E-state index contributed by atoms with van der Waals surface area (Å²) in [5.41, 5.74) is 1.48. The average molecular weight is 310 g/mol. The second kappa shape index (κ2) is 5.35. The molecular weight excluding hydrogens is 296 g/mol. The van der Waals surface area contributed by atoms with Gasteiger partial charge in [-0.1, -0.05) is 0 Å². The van der Waals surface area contributed by atoms with Gasteiger partial charge in [-0.3, -0.25) is 0 Å². The molecule has 0 N–H and O–H groups in total. The third-order valence-corrected chi connectivity index (χ3v) is 5.66. The monoisotopic (exact) mass is 312 g/mol. The van der Waals surface area contributed by atoms with Crippen molar-refractivity contribution in [3.8, 4) is 0 Å². The van der Waals surface area contributed by atoms with Crippen LogP contribution in [0.3, 0.4) is 0 Å². The molecule has 0 fully saturated rings. The SMILES string of the molecule is CC([Te]c1ccccc1)c1ccccc1. The molecule has 0 aliphatic carbocycles. The quantitative estimate of drug-likeness (QED) is 0.765. The van der Waals surface area contributed by atoms with E-state index in [0.29, 0.717) is 0 Å². The minimum absolute atomic E-state index is 0.102. The Kier molecular flexibility index (Phi) is 3.83. The molecule has 1 unspecified atom stereocenters. The van der Waals surface area contributed by atoms with Crippen LogP contribution in [0.1, 0.15) is 16.5 Å². The van der Waals surface area contributed by atoms with Gasteiger partial charge in [-0.15, -0.1) is 0 Å². The second-order valence-corrected chi connectivity index (χ2v) is 7.52. The van der Waals surface area contributed by atoms with Gasteiger partial charge in [0.15, 0.2) is 0 Å². The van der Waals surface area contributed by atoms with Crippen LogP contribution in [-0.2, 0) is 0 Å². The normalized spacial score (nSPS) is 12.3. The van der Waals surface area contributed by atoms with Gasteiger partial charge in [0.05, 0.1) is 0 Å². The molecule has 0 heterocycles. The molecule has 0 aliphatic heterocycles. The number of rotatable bonds is 3. The molecule has 2 aromatic carbocycles. The van der Waals surface area contributed by atoms with Crippen molar-refractivity contribution in [2.45, 2.75) is 10.9 Å². The van der Waals surface area contributed by atoms with Crippen LogP contribution >= 0.6 is 0 Å². The molecule has 1 heteroatoms. The fourth-order valence-electron chi connectivity index (χ4n) is 1.50. The van der Waals surface area contributed by atoms with Crippen LogP contribution in [-0.4, -0.2) is 20.9 Å². The molecule has 0 aromatic heterocycles. The first-order chi connectivity index (χ1) is 7.36. The molecule has 0 saturated carbocycles. The van der Waals surface area contributed by atoms with Gasteiger partial charge < -0.3 is 0 Å². The summed E-state index contributed by atoms with van der Waals surface area (Å²) in [6.07, 6.45) is 0. The Hall–Kier alpha value is -0.770. The van der Waals surface area contributed by atoms with E-state index in [0.717, 1.165) is 3.97 Å². The molecule has 0 bridgehead atoms. The predicted octanol–water partition coefficient (Wildman–Crippen LogP) is 2.78. The second-order valence-electron chi connectivity index (χ2n) is 3.48. The fourth-order valence-corrected chi connectivity index (χ4v) is 4.39. The zero-order valence-corrected chi connectivity index (χ0v) is 11.1. The summed E-state index contributed by atoms with van der Waals surface area (Å²) in [4.78, 5) is 0. The van der Waals surface area contributed by atoms with Crippen LogP contribution < -0.4 is 3.61 Å². The van der Waals surface area contributed by atoms with E-state index < -0.39 is 0 Å². The minimum atomic E-state index is -0.102. The van der Waals surface area contributed by atoms with Crippen LogP contribution in [0.4, 0.5) is 0 Å². The van der Waals surface area contributed by atoms with E-state index >= 15 is 0 Å². The van der Waals surface area contributed by atoms with Gasteiger partial charge in [-0.25, -0.2) is 0 Å². The van der Waals surface area contributed by atoms with E-state index in [-0.39, 0.29) is 20.9 Å². The molecule has 15 heavy (non-hydrogen) atoms. The van der Waals surface area contributed by atoms with Crippen molar-refractivity contribution in [2.24, 2.45) is 0 Å². The zero-order valence-electron chi connectivity index (χ0n) is 8.76. The first kappa shape index (κ1) is 10.7. The summed E-state index contributed by atoms with van der Waals surface area (Å²) in [5.74, 6) is 0. The molecule has 0 amide bonds. The topological polar surface area (TPSA) is 0 Å². The van der Waals surface area contributed by atoms with Crippen molar-refractivity contribution in [2.75, 3.05) is 0 Å². The number of hydrogen-bond acceptors (Lipinski definition) is 0. The average Bonchev–Trinajstić information content (AvgIpc) is 2.31. The Morgan fingerprint density at radius 2 is 1.33 bits per heavy atom. The Morgan fingerprint density at radius 1 is 0.800 bits per heavy atom. The summed E-state index contributed by atoms with van der Waals surface area (Å²) in [6.45, 7) is 2.34. The molecule has 0 saturated heterocycles. The molecule has 2 aromatic rings. The number of hydrogen-bond donors (Lipinski definition) is 0. The molecule has 1 atom stereocenters. The number of benzene rings is 2. The molecular formula is C14H14Te. The summed E-state index contributed by atoms with van der Waals surface area (Å²) in [7, 11) is 0. The van der Waals surface area contributed by atoms with Gasteiger partial charge in [-0.2, -0.15) is 0 Å². The summed E-state index contributed by atoms with van der Waals surface area (Å²) >= 11 is -0.102. The maximum atomic E-state index is 2.34. The van der Waals surface area contributed by atoms with Crippen LogP contribution in [0.2, 0.25) is 0 Å². The van der Waals surface area contributed by atoms with E-state index in [4.69, 9.17) is 0 Å². The van der Waals surface area contributed by atoms with Crippen LogP contribution in [0.15, 0.2) is 60.7 Å². The summed E-state index contributed by atoms with van der Waals surface area (Å²) in [6, 6.07) is 21.7. The van der Waals surface area contributed by atoms with Crippen molar-refractivity contribution in [1.82, 2.24) is 0 Å². The van der Waals surface area contributed by atoms with Gasteiger partial charge >= 0.3 is 102 Å². The Morgan fingerprint density at radius 3 is 1.93 bits per heavy atom. The van der Waals surface area contributed by atoms with Crippen LogP contribution in [0.5, 0.6) is 0 Å². The van der Waals surface area contributed by atoms with E-state index in [9.17, 15) is 0 Å². The molecule has 0 spiro atoms. The predicted molar refractivity (Wildman–Crippen MR) is 66.7 cm³/mol. The first-order valence-corrected chi connectivity index (χ1v) is 7.64. The van der Waals surface area contributed by atoms with Gasteiger partial charge in [-0.05, 0) is 0 Å². The Balaban J connectivity index is 2.08. The van der Waals surface area contributed by atoms with Gasteiger partial charge in [0.25, 0.3) is 0 Å². The third-order valence-electron chi connectivity index (χ3n) is 2.33. The first-order valence-electron chi connectivity index (χ1n) is 5.13. The van der Waals surface area contributed by atoms with Gasteiger partial charge in [0, 0.05) is 0 Å². The molecule has 76 valence electrons. The van der Waals surface area contributed by atoms with Crippen molar-refractivity contribution < 1.29 is 0 Å². The zero-order chi connectivity index (χ0) is 10.5. The summed E-state index contributed by atoms with van der Waals surface area (Å²) < 4.78 is 2.26. The van der Waals surface area contributed by atoms with E-state index in [1.54, 1.807) is 3.61 Å². The third kappa shape index (κ3) is 3.09. The fraction of sp³-hybridized carbons (Fsp3) is 0.143. The van der Waals surface area contributed by atoms with Gasteiger partial charge in [0.1, 0.15) is 0 Å². The van der Waals surface area contributed by atoms with Crippen LogP contribution in [0.25, 0.3) is 0 Å². The summed E-state index contributed by atoms with van der Waals surface area (Å²) in [5, 5.41) is 0. The molecule has 0 radical (unpaired) electrons. The van der Waals surface area contributed by atoms with Crippen molar-refractivity contribution in [1.29, 1.82) is 0 Å². The molecule has 0 aliphatic rings. The standard InChI is InChI=1S/C14H14Te/c1-12(13-8-4-2-5-9-13)15-14-10-6-3-7-11-14/h2-12H,1H3. The van der Waals surface area contributed by atoms with Crippen molar-refractivity contribution in [3.63, 3.8) is 0 Å².